The summed E-state index contributed by atoms with van der Waals surface area (Å²) in [6, 6.07) is 8.78. The molecule has 41 heavy (non-hydrogen) atoms. The van der Waals surface area contributed by atoms with E-state index in [-0.39, 0.29) is 48.5 Å². The van der Waals surface area contributed by atoms with Crippen molar-refractivity contribution in [3.05, 3.63) is 57.6 Å². The first-order valence-electron chi connectivity index (χ1n) is 13.4. The van der Waals surface area contributed by atoms with Crippen molar-refractivity contribution in [2.24, 2.45) is 0 Å². The molecule has 0 aliphatic carbocycles. The summed E-state index contributed by atoms with van der Waals surface area (Å²) in [5, 5.41) is 2.84. The Labute approximate surface area is 242 Å². The summed E-state index contributed by atoms with van der Waals surface area (Å²) in [6.07, 6.45) is -1.93. The van der Waals surface area contributed by atoms with Gasteiger partial charge in [-0.25, -0.2) is 18.6 Å². The second-order valence-electron chi connectivity index (χ2n) is 11.3. The van der Waals surface area contributed by atoms with Crippen LogP contribution in [0.5, 0.6) is 0 Å². The maximum absolute atomic E-state index is 15.0. The van der Waals surface area contributed by atoms with Gasteiger partial charge in [0.2, 0.25) is 5.91 Å². The highest BCUT2D eigenvalue weighted by Crippen LogP contribution is 2.27. The van der Waals surface area contributed by atoms with E-state index in [1.54, 1.807) is 57.7 Å². The number of ether oxygens (including phenoxy) is 1. The molecule has 2 aromatic carbocycles. The smallest absolute Gasteiger partial charge is 0.410 e. The van der Waals surface area contributed by atoms with Crippen LogP contribution >= 0.6 is 11.6 Å². The van der Waals surface area contributed by atoms with Gasteiger partial charge in [-0.1, -0.05) is 11.6 Å². The number of hydrogen-bond donors (Lipinski definition) is 1. The lowest BCUT2D eigenvalue weighted by Crippen LogP contribution is -2.40. The zero-order valence-electron chi connectivity index (χ0n) is 23.7. The van der Waals surface area contributed by atoms with Crippen LogP contribution in [0.3, 0.4) is 0 Å². The van der Waals surface area contributed by atoms with E-state index in [4.69, 9.17) is 16.3 Å². The maximum Gasteiger partial charge on any atom is 0.410 e. The molecule has 1 aromatic heterocycles. The van der Waals surface area contributed by atoms with Crippen molar-refractivity contribution < 1.29 is 23.1 Å². The summed E-state index contributed by atoms with van der Waals surface area (Å²) in [5.41, 5.74) is 0.0854. The number of hydrogen-bond acceptors (Lipinski definition) is 6. The van der Waals surface area contributed by atoms with Crippen LogP contribution in [0.15, 0.2) is 41.2 Å². The van der Waals surface area contributed by atoms with Crippen molar-refractivity contribution in [2.75, 3.05) is 31.1 Å². The van der Waals surface area contributed by atoms with Gasteiger partial charge in [0.25, 0.3) is 5.56 Å². The largest absolute Gasteiger partial charge is 0.444 e. The molecular weight excluding hydrogens is 556 g/mol. The fourth-order valence-electron chi connectivity index (χ4n) is 4.61. The number of carbonyl (C=O) groups excluding carboxylic acids is 2. The second kappa shape index (κ2) is 12.0. The first kappa shape index (κ1) is 30.2. The third kappa shape index (κ3) is 7.32. The maximum atomic E-state index is 15.0. The number of benzene rings is 2. The Morgan fingerprint density at radius 2 is 1.88 bits per heavy atom. The molecule has 220 valence electrons. The molecule has 1 N–H and O–H groups in total. The SMILES string of the molecule is CC(C)NC(=O)Cn1c(-c2ccc(F)c(Cl)c2)nc2ccc(N3CCN(C(=O)OC(C)(C)C)CC(F)C3)cc2c1=O. The van der Waals surface area contributed by atoms with Gasteiger partial charge >= 0.3 is 6.09 Å². The van der Waals surface area contributed by atoms with E-state index in [0.29, 0.717) is 23.3 Å². The lowest BCUT2D eigenvalue weighted by Gasteiger charge is -2.27. The van der Waals surface area contributed by atoms with Gasteiger partial charge in [0, 0.05) is 30.4 Å². The average Bonchev–Trinajstić information content (AvgIpc) is 3.07. The predicted octanol–water partition coefficient (Wildman–Crippen LogP) is 4.78. The highest BCUT2D eigenvalue weighted by Gasteiger charge is 2.29. The number of nitrogens with one attached hydrogen (secondary N) is 1. The average molecular weight is 590 g/mol. The summed E-state index contributed by atoms with van der Waals surface area (Å²) in [7, 11) is 0. The number of anilines is 1. The van der Waals surface area contributed by atoms with E-state index in [2.05, 4.69) is 10.3 Å². The third-order valence-corrected chi connectivity index (χ3v) is 6.65. The van der Waals surface area contributed by atoms with E-state index in [0.717, 1.165) is 0 Å². The quantitative estimate of drug-likeness (QED) is 0.460. The van der Waals surface area contributed by atoms with Gasteiger partial charge in [-0.15, -0.1) is 0 Å². The molecule has 2 amide bonds. The molecule has 9 nitrogen and oxygen atoms in total. The Hall–Kier alpha value is -3.73. The zero-order valence-corrected chi connectivity index (χ0v) is 24.5. The van der Waals surface area contributed by atoms with E-state index in [1.165, 1.54) is 27.7 Å². The highest BCUT2D eigenvalue weighted by atomic mass is 35.5. The summed E-state index contributed by atoms with van der Waals surface area (Å²) >= 11 is 6.00. The number of fused-ring (bicyclic) bond motifs is 1. The minimum Gasteiger partial charge on any atom is -0.444 e. The minimum atomic E-state index is -1.35. The van der Waals surface area contributed by atoms with Gasteiger partial charge in [-0.2, -0.15) is 0 Å². The number of alkyl halides is 1. The summed E-state index contributed by atoms with van der Waals surface area (Å²) in [6.45, 7) is 8.98. The normalized spacial score (nSPS) is 16.2. The van der Waals surface area contributed by atoms with E-state index in [9.17, 15) is 23.2 Å². The van der Waals surface area contributed by atoms with Crippen LogP contribution in [0.1, 0.15) is 34.6 Å². The zero-order chi connectivity index (χ0) is 30.1. The Morgan fingerprint density at radius 1 is 1.15 bits per heavy atom. The van der Waals surface area contributed by atoms with Crippen LogP contribution < -0.4 is 15.8 Å². The van der Waals surface area contributed by atoms with Gasteiger partial charge in [-0.3, -0.25) is 14.2 Å². The standard InChI is InChI=1S/C29H34ClF2N5O4/c1-17(2)33-25(38)16-37-26(18-6-8-23(32)22(30)12-18)34-24-9-7-20(13-21(24)27(37)39)35-10-11-36(15-19(31)14-35)28(40)41-29(3,4)5/h6-9,12-13,17,19H,10-11,14-16H2,1-5H3,(H,33,38). The Kier molecular flexibility index (Phi) is 8.86. The monoisotopic (exact) mass is 589 g/mol. The van der Waals surface area contributed by atoms with Crippen molar-refractivity contribution in [1.29, 1.82) is 0 Å². The van der Waals surface area contributed by atoms with Gasteiger partial charge in [0.15, 0.2) is 0 Å². The van der Waals surface area contributed by atoms with Crippen LogP contribution in [-0.2, 0) is 16.1 Å². The van der Waals surface area contributed by atoms with E-state index < -0.39 is 35.1 Å². The molecule has 1 aliphatic rings. The molecule has 12 heteroatoms. The number of halogens is 3. The van der Waals surface area contributed by atoms with Crippen LogP contribution in [0, 0.1) is 5.82 Å². The number of aromatic nitrogens is 2. The van der Waals surface area contributed by atoms with Crippen LogP contribution in [-0.4, -0.2) is 70.4 Å². The topological polar surface area (TPSA) is 96.8 Å². The number of rotatable bonds is 5. The molecule has 0 spiro atoms. The Balaban J connectivity index is 1.72. The van der Waals surface area contributed by atoms with Gasteiger partial charge < -0.3 is 19.9 Å². The third-order valence-electron chi connectivity index (χ3n) is 6.36. The van der Waals surface area contributed by atoms with Crippen LogP contribution in [0.25, 0.3) is 22.3 Å². The predicted molar refractivity (Wildman–Crippen MR) is 155 cm³/mol. The molecule has 0 saturated carbocycles. The molecular formula is C29H34ClF2N5O4. The van der Waals surface area contributed by atoms with Gasteiger partial charge in [0.1, 0.15) is 30.0 Å². The Bertz CT molecular complexity index is 1520. The van der Waals surface area contributed by atoms with Crippen molar-refractivity contribution in [3.8, 4) is 11.4 Å². The molecule has 1 fully saturated rings. The summed E-state index contributed by atoms with van der Waals surface area (Å²) in [5.74, 6) is -0.868. The summed E-state index contributed by atoms with van der Waals surface area (Å²) in [4.78, 5) is 46.8. The molecule has 2 heterocycles. The molecule has 1 saturated heterocycles. The molecule has 0 bridgehead atoms. The molecule has 3 aromatic rings. The first-order valence-corrected chi connectivity index (χ1v) is 13.8. The van der Waals surface area contributed by atoms with Gasteiger partial charge in [0.05, 0.1) is 29.0 Å². The van der Waals surface area contributed by atoms with Crippen molar-refractivity contribution >= 4 is 40.2 Å². The van der Waals surface area contributed by atoms with Gasteiger partial charge in [-0.05, 0) is 71.0 Å². The van der Waals surface area contributed by atoms with E-state index in [1.807, 2.05) is 0 Å². The van der Waals surface area contributed by atoms with Crippen molar-refractivity contribution in [1.82, 2.24) is 19.8 Å². The highest BCUT2D eigenvalue weighted by molar-refractivity contribution is 6.31. The number of nitrogens with zero attached hydrogens (tertiary/aromatic N) is 4. The van der Waals surface area contributed by atoms with Crippen molar-refractivity contribution in [3.63, 3.8) is 0 Å². The lowest BCUT2D eigenvalue weighted by atomic mass is 10.1. The van der Waals surface area contributed by atoms with E-state index >= 15 is 0 Å². The van der Waals surface area contributed by atoms with Crippen molar-refractivity contribution in [2.45, 2.75) is 59.0 Å². The first-order chi connectivity index (χ1) is 19.2. The second-order valence-corrected chi connectivity index (χ2v) is 11.8. The molecule has 0 radical (unpaired) electrons. The summed E-state index contributed by atoms with van der Waals surface area (Å²) < 4.78 is 35.5. The Morgan fingerprint density at radius 3 is 2.54 bits per heavy atom. The molecule has 4 rings (SSSR count). The lowest BCUT2D eigenvalue weighted by molar-refractivity contribution is -0.122. The number of carbonyl (C=O) groups is 2. The molecule has 1 unspecified atom stereocenters. The van der Waals surface area contributed by atoms with Crippen LogP contribution in [0.4, 0.5) is 19.3 Å². The minimum absolute atomic E-state index is 0.00931. The fourth-order valence-corrected chi connectivity index (χ4v) is 4.79. The fraction of sp³-hybridized carbons (Fsp3) is 0.448. The van der Waals surface area contributed by atoms with Crippen LogP contribution in [0.2, 0.25) is 5.02 Å². The molecule has 1 atom stereocenters. The molecule has 1 aliphatic heterocycles. The number of amides is 2.